The highest BCUT2D eigenvalue weighted by Crippen LogP contribution is 2.59. The average molecular weight is 777 g/mol. The first kappa shape index (κ1) is 37.9. The second-order valence-corrected chi connectivity index (χ2v) is 17.3. The molecule has 3 aliphatic heterocycles. The number of hydrogen-bond acceptors (Lipinski definition) is 11. The van der Waals surface area contributed by atoms with Gasteiger partial charge in [0.1, 0.15) is 6.04 Å². The summed E-state index contributed by atoms with van der Waals surface area (Å²) in [5, 5.41) is 4.73. The fraction of sp³-hybridized carbons (Fsp3) is 0.550. The monoisotopic (exact) mass is 776 g/mol. The predicted molar refractivity (Wildman–Crippen MR) is 208 cm³/mol. The van der Waals surface area contributed by atoms with E-state index in [4.69, 9.17) is 25.2 Å². The number of rotatable bonds is 5. The molecule has 2 unspecified atom stereocenters. The number of pyridine rings is 1. The summed E-state index contributed by atoms with van der Waals surface area (Å²) >= 11 is 1.40. The number of nitrogens with two attached hydrogens (primary N) is 1. The van der Waals surface area contributed by atoms with E-state index in [-0.39, 0.29) is 25.7 Å². The Balaban J connectivity index is 1.28. The molecule has 3 N–H and O–H groups in total. The lowest BCUT2D eigenvalue weighted by Crippen LogP contribution is -2.60. The number of piperazine rings is 1. The molecular weight excluding hydrogens is 727 g/mol. The standard InChI is InChI=1S/C40H50F2N8O4S/c1-7-49-31-9-8-23-14-25(31)27(36(49)26-15-24(18-44-34(26)22(2)53-6)48-12-10-47(5)11-13-48)17-39(3,4)21-54-38(52)35-33-28(40(33,41)42)19-50(46-35)37(51)29(43)16-32-45-30(23)20-55-32/h8-9,14-15,18,20,22,28-29,33,35,46H,7,10-13,16-17,19,21,43H2,1-6H3/t22-,28?,29-,33?,35-/m0/s1. The summed E-state index contributed by atoms with van der Waals surface area (Å²) in [4.78, 5) is 41.8. The molecule has 1 saturated carbocycles. The van der Waals surface area contributed by atoms with Crippen LogP contribution < -0.4 is 16.1 Å². The first-order valence-electron chi connectivity index (χ1n) is 19.1. The van der Waals surface area contributed by atoms with E-state index in [1.54, 1.807) is 7.11 Å². The van der Waals surface area contributed by atoms with Gasteiger partial charge in [-0.3, -0.25) is 19.6 Å². The van der Waals surface area contributed by atoms with Crippen LogP contribution in [0.5, 0.6) is 0 Å². The summed E-state index contributed by atoms with van der Waals surface area (Å²) in [6.07, 6.45) is 2.26. The number of ether oxygens (including phenoxy) is 2. The Bertz CT molecular complexity index is 2130. The molecule has 6 heterocycles. The van der Waals surface area contributed by atoms with Crippen molar-refractivity contribution in [3.8, 4) is 22.5 Å². The van der Waals surface area contributed by atoms with Gasteiger partial charge in [0.15, 0.2) is 0 Å². The maximum Gasteiger partial charge on any atom is 0.325 e. The molecule has 3 aromatic heterocycles. The quantitative estimate of drug-likeness (QED) is 0.270. The van der Waals surface area contributed by atoms with Gasteiger partial charge in [0.25, 0.3) is 11.8 Å². The third-order valence-corrected chi connectivity index (χ3v) is 12.8. The fourth-order valence-electron chi connectivity index (χ4n) is 8.58. The van der Waals surface area contributed by atoms with Crippen LogP contribution in [0.25, 0.3) is 33.4 Å². The van der Waals surface area contributed by atoms with Gasteiger partial charge in [-0.2, -0.15) is 0 Å². The molecule has 294 valence electrons. The number of esters is 1. The van der Waals surface area contributed by atoms with Gasteiger partial charge in [-0.1, -0.05) is 19.9 Å². The topological polar surface area (TPSA) is 131 Å². The first-order chi connectivity index (χ1) is 26.2. The SMILES string of the molecule is CCn1c(-c2cc(N3CCN(C)CC3)cnc2[C@H](C)OC)c2c3cc(ccc31)-c1csc(n1)C[C@H](N)C(=O)N1CC3C([C@H](N1)C(=O)OCC(C)(C)C2)C3(F)F. The molecule has 4 aliphatic rings. The summed E-state index contributed by atoms with van der Waals surface area (Å²) in [6.45, 7) is 12.3. The summed E-state index contributed by atoms with van der Waals surface area (Å²) in [5.74, 6) is -6.89. The van der Waals surface area contributed by atoms with E-state index in [0.717, 1.165) is 81.6 Å². The molecule has 55 heavy (non-hydrogen) atoms. The number of hydrogen-bond donors (Lipinski definition) is 2. The molecule has 0 spiro atoms. The van der Waals surface area contributed by atoms with Gasteiger partial charge in [-0.15, -0.1) is 11.3 Å². The van der Waals surface area contributed by atoms with Crippen molar-refractivity contribution in [1.29, 1.82) is 0 Å². The average Bonchev–Trinajstić information content (AvgIpc) is 3.44. The molecule has 15 heteroatoms. The van der Waals surface area contributed by atoms with Gasteiger partial charge in [-0.05, 0) is 51.1 Å². The van der Waals surface area contributed by atoms with Crippen molar-refractivity contribution < 1.29 is 27.8 Å². The van der Waals surface area contributed by atoms with E-state index in [9.17, 15) is 9.59 Å². The van der Waals surface area contributed by atoms with Crippen LogP contribution in [0.15, 0.2) is 35.8 Å². The summed E-state index contributed by atoms with van der Waals surface area (Å²) in [5.41, 5.74) is 16.1. The Hall–Kier alpha value is -4.02. The van der Waals surface area contributed by atoms with Gasteiger partial charge in [0, 0.05) is 85.6 Å². The van der Waals surface area contributed by atoms with Gasteiger partial charge in [0.2, 0.25) is 0 Å². The molecule has 2 saturated heterocycles. The molecule has 1 amide bonds. The highest BCUT2D eigenvalue weighted by atomic mass is 32.1. The van der Waals surface area contributed by atoms with Gasteiger partial charge in [0.05, 0.1) is 64.6 Å². The minimum atomic E-state index is -3.11. The number of aryl methyl sites for hydroxylation is 1. The number of aromatic nitrogens is 3. The molecule has 1 aliphatic carbocycles. The number of fused-ring (bicyclic) bond motifs is 8. The minimum absolute atomic E-state index is 0.0330. The van der Waals surface area contributed by atoms with Crippen LogP contribution in [0.4, 0.5) is 14.5 Å². The van der Waals surface area contributed by atoms with Crippen LogP contribution in [0, 0.1) is 17.3 Å². The Labute approximate surface area is 323 Å². The molecule has 6 bridgehead atoms. The number of carbonyl (C=O) groups excluding carboxylic acids is 2. The van der Waals surface area contributed by atoms with Gasteiger partial charge < -0.3 is 29.6 Å². The number of hydrazine groups is 1. The van der Waals surface area contributed by atoms with Crippen molar-refractivity contribution in [3.05, 3.63) is 52.1 Å². The number of cyclic esters (lactones) is 1. The Morgan fingerprint density at radius 3 is 2.65 bits per heavy atom. The number of thiazole rings is 1. The number of amides is 1. The molecule has 8 rings (SSSR count). The van der Waals surface area contributed by atoms with Crippen molar-refractivity contribution in [1.82, 2.24) is 29.9 Å². The number of nitrogens with one attached hydrogen (secondary N) is 1. The number of likely N-dealkylation sites (N-methyl/N-ethyl adjacent to an activating group) is 1. The van der Waals surface area contributed by atoms with Crippen LogP contribution in [0.3, 0.4) is 0 Å². The van der Waals surface area contributed by atoms with Crippen LogP contribution in [0.1, 0.15) is 50.1 Å². The molecule has 0 radical (unpaired) electrons. The lowest BCUT2D eigenvalue weighted by molar-refractivity contribution is -0.155. The van der Waals surface area contributed by atoms with Crippen molar-refractivity contribution >= 4 is 39.8 Å². The van der Waals surface area contributed by atoms with E-state index in [1.807, 2.05) is 32.3 Å². The minimum Gasteiger partial charge on any atom is -0.464 e. The van der Waals surface area contributed by atoms with E-state index in [2.05, 4.69) is 58.0 Å². The zero-order valence-electron chi connectivity index (χ0n) is 32.3. The highest BCUT2D eigenvalue weighted by molar-refractivity contribution is 7.10. The van der Waals surface area contributed by atoms with Crippen molar-refractivity contribution in [2.75, 3.05) is 58.4 Å². The summed E-state index contributed by atoms with van der Waals surface area (Å²) in [6, 6.07) is 6.18. The maximum absolute atomic E-state index is 15.1. The zero-order valence-corrected chi connectivity index (χ0v) is 33.1. The van der Waals surface area contributed by atoms with Crippen LogP contribution in [-0.4, -0.2) is 108 Å². The van der Waals surface area contributed by atoms with Crippen molar-refractivity contribution in [2.24, 2.45) is 23.0 Å². The molecule has 5 atom stereocenters. The largest absolute Gasteiger partial charge is 0.464 e. The second kappa shape index (κ2) is 14.2. The first-order valence-corrected chi connectivity index (χ1v) is 20.0. The molecule has 3 fully saturated rings. The number of benzene rings is 1. The van der Waals surface area contributed by atoms with Gasteiger partial charge in [-0.25, -0.2) is 19.2 Å². The zero-order chi connectivity index (χ0) is 39.0. The molecular formula is C40H50F2N8O4S. The van der Waals surface area contributed by atoms with Crippen molar-refractivity contribution in [3.63, 3.8) is 0 Å². The molecule has 4 aromatic rings. The fourth-order valence-corrected chi connectivity index (χ4v) is 9.44. The highest BCUT2D eigenvalue weighted by Gasteiger charge is 2.75. The number of carbonyl (C=O) groups is 2. The molecule has 1 aromatic carbocycles. The third-order valence-electron chi connectivity index (χ3n) is 11.9. The summed E-state index contributed by atoms with van der Waals surface area (Å²) < 4.78 is 44.3. The maximum atomic E-state index is 15.1. The van der Waals surface area contributed by atoms with Gasteiger partial charge >= 0.3 is 5.97 Å². The lowest BCUT2D eigenvalue weighted by Gasteiger charge is -2.34. The van der Waals surface area contributed by atoms with Crippen LogP contribution >= 0.6 is 11.3 Å². The summed E-state index contributed by atoms with van der Waals surface area (Å²) in [7, 11) is 3.83. The third kappa shape index (κ3) is 6.81. The normalized spacial score (nSPS) is 26.1. The number of methoxy groups -OCH3 is 1. The van der Waals surface area contributed by atoms with E-state index < -0.39 is 47.1 Å². The van der Waals surface area contributed by atoms with Crippen LogP contribution in [-0.2, 0) is 38.4 Å². The number of alkyl halides is 2. The number of anilines is 1. The second-order valence-electron chi connectivity index (χ2n) is 16.3. The number of nitrogens with zero attached hydrogens (tertiary/aromatic N) is 6. The smallest absolute Gasteiger partial charge is 0.325 e. The van der Waals surface area contributed by atoms with Crippen molar-refractivity contribution in [2.45, 2.75) is 71.2 Å². The predicted octanol–water partition coefficient (Wildman–Crippen LogP) is 4.90. The van der Waals surface area contributed by atoms with E-state index >= 15 is 8.78 Å². The van der Waals surface area contributed by atoms with E-state index in [0.29, 0.717) is 18.0 Å². The van der Waals surface area contributed by atoms with Crippen LogP contribution in [0.2, 0.25) is 0 Å². The molecule has 12 nitrogen and oxygen atoms in total. The Kier molecular flexibility index (Phi) is 9.76. The lowest BCUT2D eigenvalue weighted by atomic mass is 9.84. The Morgan fingerprint density at radius 2 is 1.93 bits per heavy atom. The van der Waals surface area contributed by atoms with E-state index in [1.165, 1.54) is 11.3 Å². The Morgan fingerprint density at radius 1 is 1.16 bits per heavy atom. The number of halogens is 2.